The van der Waals surface area contributed by atoms with Gasteiger partial charge in [0.1, 0.15) is 12.2 Å². The molecule has 0 saturated carbocycles. The predicted molar refractivity (Wildman–Crippen MR) is 143 cm³/mol. The van der Waals surface area contributed by atoms with Gasteiger partial charge < -0.3 is 23.7 Å². The molecular formula is C29H27ClN2O5. The van der Waals surface area contributed by atoms with Gasteiger partial charge in [-0.2, -0.15) is 0 Å². The number of carbonyl (C=O) groups is 1. The third-order valence-corrected chi connectivity index (χ3v) is 6.72. The summed E-state index contributed by atoms with van der Waals surface area (Å²) in [5.74, 6) is 0.849. The first-order valence-electron chi connectivity index (χ1n) is 11.9. The van der Waals surface area contributed by atoms with E-state index in [1.807, 2.05) is 55.4 Å². The zero-order chi connectivity index (χ0) is 26.1. The number of rotatable bonds is 8. The lowest BCUT2D eigenvalue weighted by atomic mass is 9.98. The second kappa shape index (κ2) is 10.3. The second-order valence-electron chi connectivity index (χ2n) is 9.20. The molecule has 1 aromatic heterocycles. The molecule has 1 aliphatic rings. The molecular weight excluding hydrogens is 492 g/mol. The van der Waals surface area contributed by atoms with Gasteiger partial charge in [0.25, 0.3) is 5.91 Å². The molecule has 2 heterocycles. The van der Waals surface area contributed by atoms with E-state index in [1.54, 1.807) is 42.3 Å². The summed E-state index contributed by atoms with van der Waals surface area (Å²) < 4.78 is 17.6. The summed E-state index contributed by atoms with van der Waals surface area (Å²) >= 11 is 5.98. The van der Waals surface area contributed by atoms with Crippen LogP contribution in [0.15, 0.2) is 75.9 Å². The number of hydrogen-bond donors (Lipinski definition) is 0. The minimum Gasteiger partial charge on any atom is -0.493 e. The first-order chi connectivity index (χ1) is 17.9. The van der Waals surface area contributed by atoms with Crippen LogP contribution in [0, 0.1) is 0 Å². The van der Waals surface area contributed by atoms with E-state index in [9.17, 15) is 9.59 Å². The van der Waals surface area contributed by atoms with Gasteiger partial charge in [-0.1, -0.05) is 41.9 Å². The Kier molecular flexibility index (Phi) is 6.91. The summed E-state index contributed by atoms with van der Waals surface area (Å²) in [7, 11) is 5.44. The molecule has 5 rings (SSSR count). The maximum absolute atomic E-state index is 13.6. The molecule has 1 aliphatic heterocycles. The molecule has 0 N–H and O–H groups in total. The van der Waals surface area contributed by atoms with E-state index in [4.69, 9.17) is 25.5 Å². The van der Waals surface area contributed by atoms with Crippen LogP contribution in [0.25, 0.3) is 11.0 Å². The highest BCUT2D eigenvalue weighted by atomic mass is 35.5. The molecule has 8 heteroatoms. The van der Waals surface area contributed by atoms with Gasteiger partial charge in [-0.25, -0.2) is 0 Å². The van der Waals surface area contributed by atoms with Crippen molar-refractivity contribution in [3.63, 3.8) is 0 Å². The Morgan fingerprint density at radius 1 is 1.00 bits per heavy atom. The van der Waals surface area contributed by atoms with E-state index in [0.717, 1.165) is 11.1 Å². The number of ether oxygens (including phenoxy) is 2. The van der Waals surface area contributed by atoms with Gasteiger partial charge in [0, 0.05) is 18.1 Å². The topological polar surface area (TPSA) is 72.2 Å². The van der Waals surface area contributed by atoms with E-state index >= 15 is 0 Å². The second-order valence-corrected chi connectivity index (χ2v) is 9.64. The first kappa shape index (κ1) is 24.9. The Hall–Kier alpha value is -3.81. The third-order valence-electron chi connectivity index (χ3n) is 6.47. The van der Waals surface area contributed by atoms with Crippen molar-refractivity contribution in [1.82, 2.24) is 9.80 Å². The maximum Gasteiger partial charge on any atom is 0.290 e. The average Bonchev–Trinajstić information content (AvgIpc) is 3.18. The van der Waals surface area contributed by atoms with Gasteiger partial charge in [-0.3, -0.25) is 9.59 Å². The van der Waals surface area contributed by atoms with Crippen molar-refractivity contribution in [2.75, 3.05) is 34.3 Å². The van der Waals surface area contributed by atoms with E-state index < -0.39 is 6.04 Å². The number of hydrogen-bond acceptors (Lipinski definition) is 6. The minimum atomic E-state index is -0.609. The van der Waals surface area contributed by atoms with Crippen molar-refractivity contribution in [2.24, 2.45) is 0 Å². The summed E-state index contributed by atoms with van der Waals surface area (Å²) in [5.41, 5.74) is 2.24. The molecule has 1 amide bonds. The highest BCUT2D eigenvalue weighted by Gasteiger charge is 2.42. The van der Waals surface area contributed by atoms with Crippen molar-refractivity contribution in [3.8, 4) is 11.5 Å². The standard InChI is InChI=1S/C29H27ClN2O5/c1-31(2)14-15-32-26(25-27(33)21-6-4-5-7-22(21)37-28(25)29(32)34)19-10-13-23(24(16-19)35-3)36-17-18-8-11-20(30)12-9-18/h4-13,16,26H,14-15,17H2,1-3H3. The third kappa shape index (κ3) is 4.80. The predicted octanol–water partition coefficient (Wildman–Crippen LogP) is 5.14. The normalized spacial score (nSPS) is 14.9. The molecule has 190 valence electrons. The van der Waals surface area contributed by atoms with Crippen molar-refractivity contribution in [3.05, 3.63) is 104 Å². The zero-order valence-electron chi connectivity index (χ0n) is 20.9. The fourth-order valence-electron chi connectivity index (χ4n) is 4.57. The Labute approximate surface area is 219 Å². The molecule has 0 bridgehead atoms. The average molecular weight is 519 g/mol. The quantitative estimate of drug-likeness (QED) is 0.321. The molecule has 0 spiro atoms. The fourth-order valence-corrected chi connectivity index (χ4v) is 4.69. The molecule has 37 heavy (non-hydrogen) atoms. The van der Waals surface area contributed by atoms with Crippen LogP contribution in [-0.4, -0.2) is 50.0 Å². The summed E-state index contributed by atoms with van der Waals surface area (Å²) in [6, 6.07) is 19.3. The molecule has 0 fully saturated rings. The molecule has 0 radical (unpaired) electrons. The van der Waals surface area contributed by atoms with E-state index in [1.165, 1.54) is 0 Å². The van der Waals surface area contributed by atoms with Crippen molar-refractivity contribution in [1.29, 1.82) is 0 Å². The Morgan fingerprint density at radius 2 is 1.76 bits per heavy atom. The first-order valence-corrected chi connectivity index (χ1v) is 12.3. The summed E-state index contributed by atoms with van der Waals surface area (Å²) in [5, 5.41) is 1.11. The number of benzene rings is 3. The fraction of sp³-hybridized carbons (Fsp3) is 0.241. The zero-order valence-corrected chi connectivity index (χ0v) is 21.6. The van der Waals surface area contributed by atoms with Gasteiger partial charge >= 0.3 is 0 Å². The van der Waals surface area contributed by atoms with Crippen LogP contribution in [0.2, 0.25) is 5.02 Å². The lowest BCUT2D eigenvalue weighted by Crippen LogP contribution is -2.35. The molecule has 3 aromatic carbocycles. The van der Waals surface area contributed by atoms with Crippen LogP contribution in [0.4, 0.5) is 0 Å². The minimum absolute atomic E-state index is 0.0921. The molecule has 4 aromatic rings. The Balaban J connectivity index is 1.55. The van der Waals surface area contributed by atoms with Gasteiger partial charge in [0.05, 0.1) is 24.1 Å². The number of halogens is 1. The van der Waals surface area contributed by atoms with Crippen LogP contribution in [0.5, 0.6) is 11.5 Å². The van der Waals surface area contributed by atoms with E-state index in [2.05, 4.69) is 0 Å². The lowest BCUT2D eigenvalue weighted by Gasteiger charge is -2.27. The number of amides is 1. The highest BCUT2D eigenvalue weighted by Crippen LogP contribution is 2.41. The SMILES string of the molecule is COc1cc(C2c3c(oc4ccccc4c3=O)C(=O)N2CCN(C)C)ccc1OCc1ccc(Cl)cc1. The summed E-state index contributed by atoms with van der Waals surface area (Å²) in [6.07, 6.45) is 0. The molecule has 0 aliphatic carbocycles. The van der Waals surface area contributed by atoms with Crippen LogP contribution in [-0.2, 0) is 6.61 Å². The van der Waals surface area contributed by atoms with Crippen LogP contribution in [0.3, 0.4) is 0 Å². The van der Waals surface area contributed by atoms with Gasteiger partial charge in [-0.05, 0) is 61.6 Å². The Bertz CT molecular complexity index is 1510. The van der Waals surface area contributed by atoms with Gasteiger partial charge in [0.2, 0.25) is 5.76 Å². The number of carbonyl (C=O) groups excluding carboxylic acids is 1. The summed E-state index contributed by atoms with van der Waals surface area (Å²) in [4.78, 5) is 30.8. The molecule has 1 unspecified atom stereocenters. The van der Waals surface area contributed by atoms with Crippen molar-refractivity contribution >= 4 is 28.5 Å². The van der Waals surface area contributed by atoms with Gasteiger partial charge in [-0.15, -0.1) is 0 Å². The molecule has 1 atom stereocenters. The maximum atomic E-state index is 13.6. The summed E-state index contributed by atoms with van der Waals surface area (Å²) in [6.45, 7) is 1.39. The van der Waals surface area contributed by atoms with Crippen molar-refractivity contribution in [2.45, 2.75) is 12.6 Å². The monoisotopic (exact) mass is 518 g/mol. The van der Waals surface area contributed by atoms with Crippen LogP contribution >= 0.6 is 11.6 Å². The lowest BCUT2D eigenvalue weighted by molar-refractivity contribution is 0.0716. The van der Waals surface area contributed by atoms with E-state index in [0.29, 0.717) is 52.8 Å². The number of likely N-dealkylation sites (N-methyl/N-ethyl adjacent to an activating group) is 1. The van der Waals surface area contributed by atoms with Crippen molar-refractivity contribution < 1.29 is 18.7 Å². The number of fused-ring (bicyclic) bond motifs is 2. The molecule has 7 nitrogen and oxygen atoms in total. The van der Waals surface area contributed by atoms with Crippen LogP contribution < -0.4 is 14.9 Å². The van der Waals surface area contributed by atoms with E-state index in [-0.39, 0.29) is 17.1 Å². The number of para-hydroxylation sites is 1. The van der Waals surface area contributed by atoms with Crippen LogP contribution in [0.1, 0.15) is 33.3 Å². The highest BCUT2D eigenvalue weighted by molar-refractivity contribution is 6.30. The smallest absolute Gasteiger partial charge is 0.290 e. The molecule has 0 saturated heterocycles. The van der Waals surface area contributed by atoms with Gasteiger partial charge in [0.15, 0.2) is 16.9 Å². The number of nitrogens with zero attached hydrogens (tertiary/aromatic N) is 2. The Morgan fingerprint density at radius 3 is 2.49 bits per heavy atom. The number of methoxy groups -OCH3 is 1. The largest absolute Gasteiger partial charge is 0.493 e.